The zero-order valence-corrected chi connectivity index (χ0v) is 17.2. The van der Waals surface area contributed by atoms with E-state index in [2.05, 4.69) is 0 Å². The fourth-order valence-electron chi connectivity index (χ4n) is 3.23. The second-order valence-corrected chi connectivity index (χ2v) is 9.14. The van der Waals surface area contributed by atoms with Crippen LogP contribution in [0.3, 0.4) is 0 Å². The van der Waals surface area contributed by atoms with Gasteiger partial charge in [-0.15, -0.1) is 0 Å². The van der Waals surface area contributed by atoms with Gasteiger partial charge < -0.3 is 9.64 Å². The largest absolute Gasteiger partial charge is 0.452 e. The Kier molecular flexibility index (Phi) is 7.00. The predicted octanol–water partition coefficient (Wildman–Crippen LogP) is 2.19. The summed E-state index contributed by atoms with van der Waals surface area (Å²) >= 11 is 0. The maximum Gasteiger partial charge on any atom is 0.338 e. The van der Waals surface area contributed by atoms with Gasteiger partial charge in [0, 0.05) is 26.7 Å². The molecule has 1 amide bonds. The highest BCUT2D eigenvalue weighted by Crippen LogP contribution is 2.21. The van der Waals surface area contributed by atoms with Crippen LogP contribution in [0.15, 0.2) is 23.1 Å². The molecule has 1 aromatic carbocycles. The van der Waals surface area contributed by atoms with Crippen LogP contribution in [0.4, 0.5) is 0 Å². The van der Waals surface area contributed by atoms with Gasteiger partial charge in [-0.25, -0.2) is 17.5 Å². The summed E-state index contributed by atoms with van der Waals surface area (Å²) in [5, 5.41) is 0. The molecule has 8 heteroatoms. The summed E-state index contributed by atoms with van der Waals surface area (Å²) in [5.74, 6) is -0.897. The van der Waals surface area contributed by atoms with Gasteiger partial charge in [0.25, 0.3) is 5.91 Å². The quantitative estimate of drug-likeness (QED) is 0.688. The van der Waals surface area contributed by atoms with Crippen molar-refractivity contribution in [2.24, 2.45) is 0 Å². The Hall–Kier alpha value is -1.93. The van der Waals surface area contributed by atoms with Gasteiger partial charge in [-0.2, -0.15) is 0 Å². The summed E-state index contributed by atoms with van der Waals surface area (Å²) in [6, 6.07) is 4.51. The molecule has 0 aliphatic carbocycles. The van der Waals surface area contributed by atoms with Crippen molar-refractivity contribution in [2.75, 3.05) is 27.2 Å². The number of aryl methyl sites for hydroxylation is 1. The van der Waals surface area contributed by atoms with Gasteiger partial charge in [0.05, 0.1) is 10.5 Å². The number of sulfonamides is 1. The monoisotopic (exact) mass is 396 g/mol. The van der Waals surface area contributed by atoms with Crippen LogP contribution in [0.1, 0.15) is 48.5 Å². The first-order valence-electron chi connectivity index (χ1n) is 9.18. The number of carbonyl (C=O) groups is 2. The van der Waals surface area contributed by atoms with Crippen LogP contribution in [0, 0.1) is 6.92 Å². The maximum absolute atomic E-state index is 12.5. The zero-order chi connectivity index (χ0) is 20.2. The smallest absolute Gasteiger partial charge is 0.338 e. The van der Waals surface area contributed by atoms with Crippen molar-refractivity contribution in [1.82, 2.24) is 9.21 Å². The van der Waals surface area contributed by atoms with E-state index in [9.17, 15) is 18.0 Å². The maximum atomic E-state index is 12.5. The number of likely N-dealkylation sites (tertiary alicyclic amines) is 1. The lowest BCUT2D eigenvalue weighted by Crippen LogP contribution is -2.45. The van der Waals surface area contributed by atoms with Crippen LogP contribution in [0.2, 0.25) is 0 Å². The number of ether oxygens (including phenoxy) is 1. The molecule has 7 nitrogen and oxygen atoms in total. The average Bonchev–Trinajstić information content (AvgIpc) is 2.65. The van der Waals surface area contributed by atoms with Crippen LogP contribution in [-0.2, 0) is 19.6 Å². The van der Waals surface area contributed by atoms with E-state index in [-0.39, 0.29) is 29.0 Å². The number of nitrogens with zero attached hydrogens (tertiary/aromatic N) is 2. The van der Waals surface area contributed by atoms with Gasteiger partial charge in [-0.05, 0) is 50.3 Å². The molecule has 0 bridgehead atoms. The molecule has 27 heavy (non-hydrogen) atoms. The number of carbonyl (C=O) groups excluding carboxylic acids is 2. The molecule has 1 atom stereocenters. The Morgan fingerprint density at radius 1 is 1.26 bits per heavy atom. The number of hydrogen-bond acceptors (Lipinski definition) is 5. The molecule has 0 spiro atoms. The lowest BCUT2D eigenvalue weighted by molar-refractivity contribution is -0.138. The summed E-state index contributed by atoms with van der Waals surface area (Å²) in [6.45, 7) is 4.09. The van der Waals surface area contributed by atoms with E-state index < -0.39 is 16.0 Å². The predicted molar refractivity (Wildman–Crippen MR) is 102 cm³/mol. The minimum Gasteiger partial charge on any atom is -0.452 e. The molecule has 1 aromatic rings. The summed E-state index contributed by atoms with van der Waals surface area (Å²) in [5.41, 5.74) is 0.742. The molecule has 0 unspecified atom stereocenters. The zero-order valence-electron chi connectivity index (χ0n) is 16.4. The third-order valence-corrected chi connectivity index (χ3v) is 6.76. The highest BCUT2D eigenvalue weighted by molar-refractivity contribution is 7.89. The first-order chi connectivity index (χ1) is 12.7. The molecule has 0 radical (unpaired) electrons. The van der Waals surface area contributed by atoms with Gasteiger partial charge in [-0.3, -0.25) is 4.79 Å². The molecule has 0 saturated carbocycles. The number of esters is 1. The van der Waals surface area contributed by atoms with Crippen molar-refractivity contribution in [3.63, 3.8) is 0 Å². The highest BCUT2D eigenvalue weighted by Gasteiger charge is 2.26. The van der Waals surface area contributed by atoms with E-state index in [4.69, 9.17) is 4.74 Å². The number of hydrogen-bond donors (Lipinski definition) is 0. The molecule has 150 valence electrons. The lowest BCUT2D eigenvalue weighted by atomic mass is 10.00. The Labute approximate surface area is 161 Å². The minimum absolute atomic E-state index is 0.0125. The topological polar surface area (TPSA) is 84.0 Å². The fourth-order valence-corrected chi connectivity index (χ4v) is 4.16. The van der Waals surface area contributed by atoms with E-state index in [1.54, 1.807) is 17.9 Å². The van der Waals surface area contributed by atoms with Crippen molar-refractivity contribution >= 4 is 21.9 Å². The van der Waals surface area contributed by atoms with Crippen molar-refractivity contribution in [1.29, 1.82) is 0 Å². The molecular formula is C19H28N2O5S. The van der Waals surface area contributed by atoms with Crippen molar-refractivity contribution in [3.8, 4) is 0 Å². The Morgan fingerprint density at radius 2 is 1.96 bits per heavy atom. The van der Waals surface area contributed by atoms with Crippen molar-refractivity contribution < 1.29 is 22.7 Å². The summed E-state index contributed by atoms with van der Waals surface area (Å²) in [7, 11) is -0.808. The van der Waals surface area contributed by atoms with Gasteiger partial charge in [0.1, 0.15) is 0 Å². The van der Waals surface area contributed by atoms with E-state index in [0.29, 0.717) is 12.1 Å². The standard InChI is InChI=1S/C19H28N2O5S/c1-5-15-8-6-7-11-21(15)18(22)13-26-19(23)17-12-16(10-9-14(17)2)27(24,25)20(3)4/h9-10,12,15H,5-8,11,13H2,1-4H3/t15-/m0/s1. The molecule has 0 aromatic heterocycles. The van der Waals surface area contributed by atoms with Gasteiger partial charge in [-0.1, -0.05) is 13.0 Å². The summed E-state index contributed by atoms with van der Waals surface area (Å²) in [6.07, 6.45) is 3.91. The van der Waals surface area contributed by atoms with E-state index in [0.717, 1.165) is 30.0 Å². The van der Waals surface area contributed by atoms with Crippen molar-refractivity contribution in [2.45, 2.75) is 50.5 Å². The first kappa shape index (κ1) is 21.4. The number of rotatable bonds is 6. The normalized spacial score (nSPS) is 17.8. The minimum atomic E-state index is -3.66. The number of amides is 1. The van der Waals surface area contributed by atoms with Crippen LogP contribution in [-0.4, -0.2) is 62.8 Å². The molecule has 1 heterocycles. The summed E-state index contributed by atoms with van der Waals surface area (Å²) in [4.78, 5) is 26.7. The third kappa shape index (κ3) is 4.87. The van der Waals surface area contributed by atoms with Crippen LogP contribution >= 0.6 is 0 Å². The molecule has 1 saturated heterocycles. The fraction of sp³-hybridized carbons (Fsp3) is 0.579. The van der Waals surface area contributed by atoms with Crippen LogP contribution in [0.25, 0.3) is 0 Å². The number of piperidine rings is 1. The van der Waals surface area contributed by atoms with Crippen molar-refractivity contribution in [3.05, 3.63) is 29.3 Å². The third-order valence-electron chi connectivity index (χ3n) is 4.95. The lowest BCUT2D eigenvalue weighted by Gasteiger charge is -2.35. The van der Waals surface area contributed by atoms with Crippen LogP contribution < -0.4 is 0 Å². The molecule has 1 aliphatic heterocycles. The second kappa shape index (κ2) is 8.84. The van der Waals surface area contributed by atoms with Gasteiger partial charge >= 0.3 is 5.97 Å². The van der Waals surface area contributed by atoms with E-state index >= 15 is 0 Å². The van der Waals surface area contributed by atoms with E-state index in [1.165, 1.54) is 26.2 Å². The molecule has 1 aliphatic rings. The van der Waals surface area contributed by atoms with Gasteiger partial charge in [0.15, 0.2) is 6.61 Å². The molecule has 1 fully saturated rings. The Balaban J connectivity index is 2.11. The molecular weight excluding hydrogens is 368 g/mol. The highest BCUT2D eigenvalue weighted by atomic mass is 32.2. The number of benzene rings is 1. The SMILES string of the molecule is CC[C@H]1CCCCN1C(=O)COC(=O)c1cc(S(=O)(=O)N(C)C)ccc1C. The Bertz CT molecular complexity index is 804. The van der Waals surface area contributed by atoms with Crippen LogP contribution in [0.5, 0.6) is 0 Å². The summed E-state index contributed by atoms with van der Waals surface area (Å²) < 4.78 is 30.8. The molecule has 0 N–H and O–H groups in total. The second-order valence-electron chi connectivity index (χ2n) is 6.99. The van der Waals surface area contributed by atoms with E-state index in [1.807, 2.05) is 6.92 Å². The Morgan fingerprint density at radius 3 is 2.59 bits per heavy atom. The first-order valence-corrected chi connectivity index (χ1v) is 10.6. The van der Waals surface area contributed by atoms with Gasteiger partial charge in [0.2, 0.25) is 10.0 Å². The average molecular weight is 397 g/mol. The molecule has 2 rings (SSSR count).